The van der Waals surface area contributed by atoms with Gasteiger partial charge in [-0.2, -0.15) is 9.90 Å². The van der Waals surface area contributed by atoms with Crippen LogP contribution < -0.4 is 11.2 Å². The molecule has 8 nitrogen and oxygen atoms in total. The average molecular weight is 295 g/mol. The summed E-state index contributed by atoms with van der Waals surface area (Å²) >= 11 is 0. The summed E-state index contributed by atoms with van der Waals surface area (Å²) in [7, 11) is 0. The van der Waals surface area contributed by atoms with Crippen molar-refractivity contribution in [3.63, 3.8) is 0 Å². The van der Waals surface area contributed by atoms with Crippen molar-refractivity contribution in [2.24, 2.45) is 5.10 Å². The van der Waals surface area contributed by atoms with Gasteiger partial charge >= 0.3 is 0 Å². The van der Waals surface area contributed by atoms with Crippen LogP contribution in [0.3, 0.4) is 0 Å². The molecule has 1 heterocycles. The average Bonchev–Trinajstić information content (AvgIpc) is 2.92. The first-order valence-electron chi connectivity index (χ1n) is 6.55. The fourth-order valence-corrected chi connectivity index (χ4v) is 2.02. The van der Waals surface area contributed by atoms with Crippen LogP contribution in [0.5, 0.6) is 0 Å². The molecule has 0 radical (unpaired) electrons. The van der Waals surface area contributed by atoms with E-state index >= 15 is 0 Å². The summed E-state index contributed by atoms with van der Waals surface area (Å²) in [6.45, 7) is -0.100. The second kappa shape index (κ2) is 6.00. The Morgan fingerprint density at radius 1 is 1.27 bits per heavy atom. The number of nitrogens with two attached hydrogens (primary N) is 1. The Morgan fingerprint density at radius 3 is 2.91 bits per heavy atom. The van der Waals surface area contributed by atoms with Crippen LogP contribution in [0.4, 0.5) is 5.95 Å². The van der Waals surface area contributed by atoms with Gasteiger partial charge in [0.2, 0.25) is 0 Å². The number of carbonyl (C=O) groups is 1. The number of carbonyl (C=O) groups excluding carboxylic acids is 1. The van der Waals surface area contributed by atoms with Crippen LogP contribution in [0.15, 0.2) is 47.6 Å². The lowest BCUT2D eigenvalue weighted by Crippen LogP contribution is -2.24. The zero-order valence-electron chi connectivity index (χ0n) is 11.5. The van der Waals surface area contributed by atoms with Gasteiger partial charge in [-0.05, 0) is 16.0 Å². The lowest BCUT2D eigenvalue weighted by Gasteiger charge is -2.01. The zero-order valence-corrected chi connectivity index (χ0v) is 11.5. The van der Waals surface area contributed by atoms with E-state index in [2.05, 4.69) is 25.9 Å². The highest BCUT2D eigenvalue weighted by Crippen LogP contribution is 2.16. The van der Waals surface area contributed by atoms with Crippen molar-refractivity contribution in [2.45, 2.75) is 6.54 Å². The number of nitrogens with zero attached hydrogens (tertiary/aromatic N) is 5. The standard InChI is InChI=1S/C14H13N7O/c15-14-18-20-21(19-14)9-13(22)17-16-8-11-6-3-5-10-4-1-2-7-12(10)11/h1-8H,9H2,(H2,15,19)(H,17,22)/b16-8-. The summed E-state index contributed by atoms with van der Waals surface area (Å²) in [6, 6.07) is 13.8. The first-order valence-corrected chi connectivity index (χ1v) is 6.55. The van der Waals surface area contributed by atoms with Crippen LogP contribution in [-0.4, -0.2) is 32.3 Å². The molecule has 0 fully saturated rings. The van der Waals surface area contributed by atoms with Gasteiger partial charge in [0.05, 0.1) is 6.21 Å². The molecule has 0 spiro atoms. The Morgan fingerprint density at radius 2 is 2.09 bits per heavy atom. The second-order valence-electron chi connectivity index (χ2n) is 4.54. The Hall–Kier alpha value is -3.29. The van der Waals surface area contributed by atoms with E-state index in [1.54, 1.807) is 6.21 Å². The fourth-order valence-electron chi connectivity index (χ4n) is 2.02. The summed E-state index contributed by atoms with van der Waals surface area (Å²) in [6.07, 6.45) is 1.60. The van der Waals surface area contributed by atoms with E-state index in [1.807, 2.05) is 42.5 Å². The SMILES string of the molecule is Nc1nnn(CC(=O)N/N=C\c2cccc3ccccc23)n1. The molecule has 0 atom stereocenters. The molecule has 0 unspecified atom stereocenters. The fraction of sp³-hybridized carbons (Fsp3) is 0.0714. The minimum atomic E-state index is -0.367. The highest BCUT2D eigenvalue weighted by Gasteiger charge is 2.04. The van der Waals surface area contributed by atoms with Crippen LogP contribution in [0.25, 0.3) is 10.8 Å². The third-order valence-corrected chi connectivity index (χ3v) is 2.97. The van der Waals surface area contributed by atoms with Gasteiger partial charge in [0.25, 0.3) is 11.9 Å². The maximum atomic E-state index is 11.7. The van der Waals surface area contributed by atoms with Crippen LogP contribution in [0.1, 0.15) is 5.56 Å². The van der Waals surface area contributed by atoms with Gasteiger partial charge in [-0.15, -0.1) is 5.10 Å². The van der Waals surface area contributed by atoms with E-state index in [-0.39, 0.29) is 18.4 Å². The highest BCUT2D eigenvalue weighted by molar-refractivity contribution is 5.99. The zero-order chi connectivity index (χ0) is 15.4. The Bertz CT molecular complexity index is 835. The number of fused-ring (bicyclic) bond motifs is 1. The molecule has 3 rings (SSSR count). The topological polar surface area (TPSA) is 111 Å². The summed E-state index contributed by atoms with van der Waals surface area (Å²) in [5.41, 5.74) is 8.65. The summed E-state index contributed by atoms with van der Waals surface area (Å²) in [5, 5.41) is 16.9. The van der Waals surface area contributed by atoms with Crippen molar-refractivity contribution in [1.82, 2.24) is 25.6 Å². The minimum absolute atomic E-state index is 0.0204. The first kappa shape index (κ1) is 13.7. The third kappa shape index (κ3) is 3.06. The van der Waals surface area contributed by atoms with E-state index < -0.39 is 0 Å². The van der Waals surface area contributed by atoms with Crippen LogP contribution in [0, 0.1) is 0 Å². The summed E-state index contributed by atoms with van der Waals surface area (Å²) < 4.78 is 0. The van der Waals surface area contributed by atoms with Crippen LogP contribution >= 0.6 is 0 Å². The van der Waals surface area contributed by atoms with E-state index in [1.165, 1.54) is 0 Å². The number of rotatable bonds is 4. The first-order chi connectivity index (χ1) is 10.7. The predicted molar refractivity (Wildman–Crippen MR) is 81.9 cm³/mol. The van der Waals surface area contributed by atoms with Gasteiger partial charge < -0.3 is 5.73 Å². The molecule has 3 N–H and O–H groups in total. The molecule has 0 saturated heterocycles. The smallest absolute Gasteiger partial charge is 0.263 e. The molecule has 22 heavy (non-hydrogen) atoms. The number of nitrogen functional groups attached to an aromatic ring is 1. The maximum absolute atomic E-state index is 11.7. The van der Waals surface area contributed by atoms with Crippen molar-refractivity contribution < 1.29 is 4.79 Å². The number of benzene rings is 2. The number of nitrogens with one attached hydrogen (secondary N) is 1. The predicted octanol–water partition coefficient (Wildman–Crippen LogP) is 0.559. The summed E-state index contributed by atoms with van der Waals surface area (Å²) in [5.74, 6) is -0.346. The molecule has 3 aromatic rings. The molecule has 8 heteroatoms. The van der Waals surface area contributed by atoms with Gasteiger partial charge in [0.1, 0.15) is 6.54 Å². The second-order valence-corrected chi connectivity index (χ2v) is 4.54. The molecular formula is C14H13N7O. The maximum Gasteiger partial charge on any atom is 0.263 e. The molecule has 0 aliphatic rings. The Labute approximate surface area is 125 Å². The molecule has 1 aromatic heterocycles. The number of amides is 1. The normalized spacial score (nSPS) is 11.1. The number of anilines is 1. The Kier molecular flexibility index (Phi) is 3.73. The monoisotopic (exact) mass is 295 g/mol. The molecule has 0 bridgehead atoms. The van der Waals surface area contributed by atoms with Crippen LogP contribution in [0.2, 0.25) is 0 Å². The number of hydrogen-bond acceptors (Lipinski definition) is 6. The van der Waals surface area contributed by atoms with E-state index in [0.29, 0.717) is 0 Å². The van der Waals surface area contributed by atoms with Gasteiger partial charge in [0.15, 0.2) is 0 Å². The molecule has 0 aliphatic carbocycles. The largest absolute Gasteiger partial charge is 0.365 e. The molecule has 110 valence electrons. The van der Waals surface area contributed by atoms with Crippen molar-refractivity contribution in [3.05, 3.63) is 48.0 Å². The van der Waals surface area contributed by atoms with E-state index in [0.717, 1.165) is 21.1 Å². The van der Waals surface area contributed by atoms with E-state index in [4.69, 9.17) is 5.73 Å². The third-order valence-electron chi connectivity index (χ3n) is 2.97. The van der Waals surface area contributed by atoms with E-state index in [9.17, 15) is 4.79 Å². The quantitative estimate of drug-likeness (QED) is 0.539. The number of tetrazole rings is 1. The number of aromatic nitrogens is 4. The molecule has 2 aromatic carbocycles. The number of hydrogen-bond donors (Lipinski definition) is 2. The summed E-state index contributed by atoms with van der Waals surface area (Å²) in [4.78, 5) is 12.8. The van der Waals surface area contributed by atoms with Gasteiger partial charge in [-0.1, -0.05) is 47.6 Å². The lowest BCUT2D eigenvalue weighted by atomic mass is 10.1. The lowest BCUT2D eigenvalue weighted by molar-refractivity contribution is -0.122. The van der Waals surface area contributed by atoms with Gasteiger partial charge in [-0.25, -0.2) is 5.43 Å². The van der Waals surface area contributed by atoms with Crippen molar-refractivity contribution in [3.8, 4) is 0 Å². The van der Waals surface area contributed by atoms with Crippen LogP contribution in [-0.2, 0) is 11.3 Å². The molecule has 0 saturated carbocycles. The molecular weight excluding hydrogens is 282 g/mol. The number of hydrazone groups is 1. The minimum Gasteiger partial charge on any atom is -0.365 e. The van der Waals surface area contributed by atoms with Gasteiger partial charge in [-0.3, -0.25) is 4.79 Å². The Balaban J connectivity index is 1.67. The van der Waals surface area contributed by atoms with Crippen molar-refractivity contribution in [1.29, 1.82) is 0 Å². The van der Waals surface area contributed by atoms with Crippen molar-refractivity contribution in [2.75, 3.05) is 5.73 Å². The van der Waals surface area contributed by atoms with Crippen molar-refractivity contribution >= 4 is 28.8 Å². The van der Waals surface area contributed by atoms with Gasteiger partial charge in [0, 0.05) is 5.56 Å². The highest BCUT2D eigenvalue weighted by atomic mass is 16.2. The molecule has 0 aliphatic heterocycles. The molecule has 1 amide bonds.